The van der Waals surface area contributed by atoms with Gasteiger partial charge in [0, 0.05) is 56.6 Å². The van der Waals surface area contributed by atoms with Crippen LogP contribution in [-0.2, 0) is 36.9 Å². The van der Waals surface area contributed by atoms with Gasteiger partial charge in [0.25, 0.3) is 5.91 Å². The van der Waals surface area contributed by atoms with E-state index in [4.69, 9.17) is 32.0 Å². The fourth-order valence-electron chi connectivity index (χ4n) is 4.87. The van der Waals surface area contributed by atoms with Crippen molar-refractivity contribution in [1.82, 2.24) is 30.4 Å². The summed E-state index contributed by atoms with van der Waals surface area (Å²) >= 11 is 7.17. The maximum Gasteiger partial charge on any atom is 0.335 e. The topological polar surface area (TPSA) is 283 Å². The average Bonchev–Trinajstić information content (AvgIpc) is 3.45. The first-order chi connectivity index (χ1) is 22.1. The van der Waals surface area contributed by atoms with E-state index in [1.54, 1.807) is 20.2 Å². The first kappa shape index (κ1) is 39.9. The highest BCUT2D eigenvalue weighted by Gasteiger charge is 2.38. The number of fused-ring (bicyclic) bond motifs is 1. The average molecular weight is 716 g/mol. The number of aromatic nitrogens is 2. The summed E-state index contributed by atoms with van der Waals surface area (Å²) in [5.41, 5.74) is 0.940. The van der Waals surface area contributed by atoms with Crippen LogP contribution in [0, 0.1) is 5.92 Å². The van der Waals surface area contributed by atoms with Crippen LogP contribution in [-0.4, -0.2) is 133 Å². The van der Waals surface area contributed by atoms with Crippen molar-refractivity contribution in [2.75, 3.05) is 33.0 Å². The lowest BCUT2D eigenvalue weighted by Gasteiger charge is -2.37. The van der Waals surface area contributed by atoms with Gasteiger partial charge in [-0.1, -0.05) is 11.6 Å². The molecule has 2 aromatic rings. The standard InChI is InChI=1S/C24H30ClN7O4S.C4H6O6.H2O/c1-31(2)24(36)13-4-6-15(27-20(33)21(34)30-19-7-5-14(25)11-26-19)17(10-13)28-22(35)23-29-16-8-9-32(3)12-18(16)37-23;5-1(3(7)8)2(6)4(9)10;/h5,7,11,13,15,17H,4,6,8-10,12H2,1-3H3,(H,27,33)(H,28,35)(H,26,30,34);1-2,5-6H,(H,7,8)(H,9,10);1H2/t13-,15-,17+;1-,2?;/m01./s1. The van der Waals surface area contributed by atoms with Crippen LogP contribution in [0.25, 0.3) is 0 Å². The van der Waals surface area contributed by atoms with Crippen LogP contribution < -0.4 is 16.0 Å². The van der Waals surface area contributed by atoms with Crippen molar-refractivity contribution >= 4 is 64.3 Å². The van der Waals surface area contributed by atoms with E-state index in [0.717, 1.165) is 30.1 Å². The fraction of sp³-hybridized carbons (Fsp3) is 0.500. The van der Waals surface area contributed by atoms with Gasteiger partial charge in [-0.15, -0.1) is 11.3 Å². The van der Waals surface area contributed by atoms with Crippen LogP contribution in [0.2, 0.25) is 5.02 Å². The molecule has 1 aliphatic heterocycles. The van der Waals surface area contributed by atoms with E-state index in [2.05, 4.69) is 30.8 Å². The summed E-state index contributed by atoms with van der Waals surface area (Å²) in [7, 11) is 5.41. The summed E-state index contributed by atoms with van der Waals surface area (Å²) in [4.78, 5) is 83.8. The number of hydrogen-bond donors (Lipinski definition) is 7. The number of pyridine rings is 1. The Labute approximate surface area is 283 Å². The van der Waals surface area contributed by atoms with E-state index in [1.807, 2.05) is 7.05 Å². The van der Waals surface area contributed by atoms with Crippen molar-refractivity contribution in [2.45, 2.75) is 56.5 Å². The molecule has 1 aliphatic carbocycles. The number of likely N-dealkylation sites (N-methyl/N-ethyl adjacent to an activating group) is 1. The minimum absolute atomic E-state index is 0. The van der Waals surface area contributed by atoms with Crippen LogP contribution in [0.4, 0.5) is 5.82 Å². The normalized spacial score (nSPS) is 19.8. The van der Waals surface area contributed by atoms with E-state index in [9.17, 15) is 28.8 Å². The van der Waals surface area contributed by atoms with Crippen molar-refractivity contribution in [3.05, 3.63) is 38.9 Å². The molecule has 1 fully saturated rings. The van der Waals surface area contributed by atoms with Gasteiger partial charge in [0.2, 0.25) is 5.91 Å². The van der Waals surface area contributed by atoms with E-state index in [0.29, 0.717) is 29.3 Å². The summed E-state index contributed by atoms with van der Waals surface area (Å²) in [5.74, 6) is -5.78. The van der Waals surface area contributed by atoms with E-state index >= 15 is 0 Å². The molecule has 0 radical (unpaired) electrons. The van der Waals surface area contributed by atoms with E-state index in [-0.39, 0.29) is 29.0 Å². The second-order valence-corrected chi connectivity index (χ2v) is 12.7. The second-order valence-electron chi connectivity index (χ2n) is 11.2. The zero-order valence-electron chi connectivity index (χ0n) is 26.2. The van der Waals surface area contributed by atoms with Crippen molar-refractivity contribution in [1.29, 1.82) is 0 Å². The molecule has 4 amide bonds. The van der Waals surface area contributed by atoms with Gasteiger partial charge in [-0.05, 0) is 38.4 Å². The number of carboxylic acid groups (broad SMARTS) is 2. The number of nitrogens with one attached hydrogen (secondary N) is 3. The zero-order chi connectivity index (χ0) is 35.0. The number of anilines is 1. The van der Waals surface area contributed by atoms with Crippen molar-refractivity contribution in [3.8, 4) is 0 Å². The quantitative estimate of drug-likeness (QED) is 0.151. The molecule has 2 aliphatic rings. The molecule has 264 valence electrons. The number of halogens is 1. The SMILES string of the molecule is CN1CCc2nc(C(=O)N[C@@H]3C[C@@H](C(=O)N(C)C)CC[C@@H]3NC(=O)C(=O)Nc3ccc(Cl)cn3)sc2C1.O.O=C(O)C(O)[C@@H](O)C(=O)O. The van der Waals surface area contributed by atoms with Gasteiger partial charge in [0.1, 0.15) is 5.82 Å². The largest absolute Gasteiger partial charge is 0.479 e. The number of hydrogen-bond acceptors (Lipinski definition) is 12. The van der Waals surface area contributed by atoms with Crippen LogP contribution in [0.1, 0.15) is 39.6 Å². The third-order valence-corrected chi connectivity index (χ3v) is 8.67. The third kappa shape index (κ3) is 10.9. The number of aliphatic hydroxyl groups is 2. The van der Waals surface area contributed by atoms with E-state index in [1.165, 1.54) is 28.5 Å². The molecule has 0 bridgehead atoms. The number of nitrogens with zero attached hydrogens (tertiary/aromatic N) is 4. The van der Waals surface area contributed by atoms with Crippen LogP contribution in [0.5, 0.6) is 0 Å². The Balaban J connectivity index is 0.000000633. The molecular formula is C28H38ClN7O11S. The smallest absolute Gasteiger partial charge is 0.335 e. The van der Waals surface area contributed by atoms with Crippen LogP contribution in [0.15, 0.2) is 18.3 Å². The molecule has 48 heavy (non-hydrogen) atoms. The Bertz CT molecular complexity index is 1470. The molecule has 1 unspecified atom stereocenters. The zero-order valence-corrected chi connectivity index (χ0v) is 27.7. The minimum Gasteiger partial charge on any atom is -0.479 e. The van der Waals surface area contributed by atoms with Crippen molar-refractivity contribution < 1.29 is 54.7 Å². The van der Waals surface area contributed by atoms with Crippen LogP contribution >= 0.6 is 22.9 Å². The van der Waals surface area contributed by atoms with E-state index < -0.39 is 48.0 Å². The van der Waals surface area contributed by atoms with Gasteiger partial charge in [-0.3, -0.25) is 19.2 Å². The molecule has 1 saturated carbocycles. The van der Waals surface area contributed by atoms with Gasteiger partial charge in [0.15, 0.2) is 17.2 Å². The fourth-order valence-corrected chi connectivity index (χ4v) is 6.07. The molecule has 18 nitrogen and oxygen atoms in total. The second kappa shape index (κ2) is 17.8. The summed E-state index contributed by atoms with van der Waals surface area (Å²) < 4.78 is 0. The number of carbonyl (C=O) groups excluding carboxylic acids is 4. The number of aliphatic carboxylic acids is 2. The molecule has 2 aromatic heterocycles. The summed E-state index contributed by atoms with van der Waals surface area (Å²) in [6, 6.07) is 1.95. The van der Waals surface area contributed by atoms with Crippen molar-refractivity contribution in [3.63, 3.8) is 0 Å². The molecule has 0 spiro atoms. The monoisotopic (exact) mass is 715 g/mol. The van der Waals surface area contributed by atoms with Gasteiger partial charge in [-0.2, -0.15) is 0 Å². The molecular weight excluding hydrogens is 678 g/mol. The molecule has 0 aromatic carbocycles. The number of carboxylic acids is 2. The summed E-state index contributed by atoms with van der Waals surface area (Å²) in [5, 5.41) is 41.4. The third-order valence-electron chi connectivity index (χ3n) is 7.37. The maximum atomic E-state index is 13.2. The molecule has 4 rings (SSSR count). The Morgan fingerprint density at radius 2 is 1.65 bits per heavy atom. The van der Waals surface area contributed by atoms with Gasteiger partial charge in [0.05, 0.1) is 16.8 Å². The van der Waals surface area contributed by atoms with Gasteiger partial charge >= 0.3 is 23.8 Å². The minimum atomic E-state index is -2.27. The van der Waals surface area contributed by atoms with Gasteiger partial charge in [-0.25, -0.2) is 19.6 Å². The maximum absolute atomic E-state index is 13.2. The highest BCUT2D eigenvalue weighted by atomic mass is 35.5. The number of aliphatic hydroxyl groups excluding tert-OH is 2. The van der Waals surface area contributed by atoms with Crippen molar-refractivity contribution in [2.24, 2.45) is 5.92 Å². The highest BCUT2D eigenvalue weighted by Crippen LogP contribution is 2.28. The first-order valence-corrected chi connectivity index (χ1v) is 15.5. The predicted molar refractivity (Wildman–Crippen MR) is 170 cm³/mol. The number of thiazole rings is 1. The molecule has 20 heteroatoms. The highest BCUT2D eigenvalue weighted by molar-refractivity contribution is 7.13. The first-order valence-electron chi connectivity index (χ1n) is 14.3. The Hall–Kier alpha value is -4.27. The molecule has 3 heterocycles. The number of carbonyl (C=O) groups is 6. The number of rotatable bonds is 8. The Morgan fingerprint density at radius 1 is 1.00 bits per heavy atom. The Kier molecular flexibility index (Phi) is 14.8. The van der Waals surface area contributed by atoms with Gasteiger partial charge < -0.3 is 51.7 Å². The molecule has 0 saturated heterocycles. The lowest BCUT2D eigenvalue weighted by molar-refractivity contribution is -0.165. The molecule has 5 atom stereocenters. The predicted octanol–water partition coefficient (Wildman–Crippen LogP) is -1.66. The lowest BCUT2D eigenvalue weighted by Crippen LogP contribution is -2.57. The van der Waals surface area contributed by atoms with Crippen LogP contribution in [0.3, 0.4) is 0 Å². The summed E-state index contributed by atoms with van der Waals surface area (Å²) in [6.07, 6.45) is -1.11. The molecule has 9 N–H and O–H groups in total. The Morgan fingerprint density at radius 3 is 2.21 bits per heavy atom. The lowest BCUT2D eigenvalue weighted by atomic mass is 9.81. The summed E-state index contributed by atoms with van der Waals surface area (Å²) in [6.45, 7) is 1.63. The number of amides is 4.